The lowest BCUT2D eigenvalue weighted by atomic mass is 10.1. The molecule has 0 amide bonds. The summed E-state index contributed by atoms with van der Waals surface area (Å²) in [5.41, 5.74) is 1.75. The number of hydrogen-bond donors (Lipinski definition) is 2. The summed E-state index contributed by atoms with van der Waals surface area (Å²) in [7, 11) is -3.60. The van der Waals surface area contributed by atoms with Gasteiger partial charge in [-0.15, -0.1) is 12.4 Å². The first-order chi connectivity index (χ1) is 9.40. The Kier molecular flexibility index (Phi) is 6.97. The number of hydrogen-bond acceptors (Lipinski definition) is 3. The van der Waals surface area contributed by atoms with Crippen molar-refractivity contribution in [2.24, 2.45) is 0 Å². The maximum Gasteiger partial charge on any atom is 0.240 e. The van der Waals surface area contributed by atoms with E-state index >= 15 is 0 Å². The number of sulfonamides is 1. The molecule has 0 atom stereocenters. The van der Waals surface area contributed by atoms with Gasteiger partial charge in [-0.05, 0) is 37.6 Å². The minimum Gasteiger partial charge on any atom is -0.313 e. The molecule has 0 spiro atoms. The molecule has 1 aromatic rings. The summed E-state index contributed by atoms with van der Waals surface area (Å²) in [6.45, 7) is 3.70. The molecule has 4 nitrogen and oxygen atoms in total. The lowest BCUT2D eigenvalue weighted by molar-refractivity contribution is 0.582. The molecule has 0 saturated heterocycles. The van der Waals surface area contributed by atoms with Gasteiger partial charge in [0.05, 0.1) is 4.90 Å². The molecule has 1 heterocycles. The summed E-state index contributed by atoms with van der Waals surface area (Å²) in [4.78, 5) is 0.0904. The van der Waals surface area contributed by atoms with E-state index in [0.717, 1.165) is 25.1 Å². The van der Waals surface area contributed by atoms with Crippen LogP contribution in [0.1, 0.15) is 12.0 Å². The number of rotatable bonds is 4. The number of halogens is 3. The predicted molar refractivity (Wildman–Crippen MR) is 89.2 cm³/mol. The first-order valence-corrected chi connectivity index (χ1v) is 8.48. The zero-order chi connectivity index (χ0) is 14.8. The van der Waals surface area contributed by atoms with Crippen LogP contribution in [-0.2, 0) is 10.0 Å². The van der Waals surface area contributed by atoms with Gasteiger partial charge >= 0.3 is 0 Å². The van der Waals surface area contributed by atoms with Crippen molar-refractivity contribution in [3.8, 4) is 0 Å². The quantitative estimate of drug-likeness (QED) is 0.800. The molecule has 0 bridgehead atoms. The van der Waals surface area contributed by atoms with Crippen LogP contribution in [0.2, 0.25) is 10.0 Å². The van der Waals surface area contributed by atoms with Gasteiger partial charge < -0.3 is 5.32 Å². The molecule has 0 aromatic heterocycles. The molecule has 2 rings (SSSR count). The van der Waals surface area contributed by atoms with Crippen LogP contribution in [0.25, 0.3) is 0 Å². The van der Waals surface area contributed by atoms with Gasteiger partial charge in [-0.1, -0.05) is 34.9 Å². The Morgan fingerprint density at radius 2 is 1.90 bits per heavy atom. The average Bonchev–Trinajstić information content (AvgIpc) is 2.43. The summed E-state index contributed by atoms with van der Waals surface area (Å²) in [6.07, 6.45) is 2.85. The summed E-state index contributed by atoms with van der Waals surface area (Å²) in [5.74, 6) is 0. The molecule has 0 saturated carbocycles. The second-order valence-electron chi connectivity index (χ2n) is 4.65. The Bertz CT molecular complexity index is 622. The van der Waals surface area contributed by atoms with E-state index in [4.69, 9.17) is 23.2 Å². The minimum atomic E-state index is -3.60. The van der Waals surface area contributed by atoms with Crippen LogP contribution in [0.5, 0.6) is 0 Å². The smallest absolute Gasteiger partial charge is 0.240 e. The fraction of sp³-hybridized carbons (Fsp3) is 0.385. The molecule has 1 aliphatic heterocycles. The molecule has 8 heteroatoms. The van der Waals surface area contributed by atoms with E-state index in [1.807, 2.05) is 6.08 Å². The molecule has 1 aliphatic rings. The predicted octanol–water partition coefficient (Wildman–Crippen LogP) is 2.92. The molecule has 0 fully saturated rings. The van der Waals surface area contributed by atoms with Crippen LogP contribution in [0.15, 0.2) is 28.7 Å². The monoisotopic (exact) mass is 370 g/mol. The normalized spacial score (nSPS) is 15.3. The third-order valence-corrected chi connectivity index (χ3v) is 5.38. The zero-order valence-electron chi connectivity index (χ0n) is 11.4. The maximum atomic E-state index is 12.2. The van der Waals surface area contributed by atoms with Gasteiger partial charge in [0.25, 0.3) is 0 Å². The van der Waals surface area contributed by atoms with E-state index in [1.165, 1.54) is 12.1 Å². The maximum absolute atomic E-state index is 12.2. The second-order valence-corrected chi connectivity index (χ2v) is 7.23. The summed E-state index contributed by atoms with van der Waals surface area (Å²) in [5, 5.41) is 3.87. The van der Waals surface area contributed by atoms with Gasteiger partial charge in [-0.25, -0.2) is 13.1 Å². The van der Waals surface area contributed by atoms with E-state index in [2.05, 4.69) is 10.0 Å². The Morgan fingerprint density at radius 1 is 1.29 bits per heavy atom. The van der Waals surface area contributed by atoms with Crippen molar-refractivity contribution in [3.63, 3.8) is 0 Å². The summed E-state index contributed by atoms with van der Waals surface area (Å²) < 4.78 is 27.0. The fourth-order valence-corrected chi connectivity index (χ4v) is 3.58. The summed E-state index contributed by atoms with van der Waals surface area (Å²) in [6, 6.07) is 2.84. The highest BCUT2D eigenvalue weighted by molar-refractivity contribution is 7.89. The Morgan fingerprint density at radius 3 is 2.43 bits per heavy atom. The third kappa shape index (κ3) is 4.84. The highest BCUT2D eigenvalue weighted by atomic mass is 35.5. The molecule has 0 radical (unpaired) electrons. The van der Waals surface area contributed by atoms with E-state index in [9.17, 15) is 8.42 Å². The van der Waals surface area contributed by atoms with E-state index in [-0.39, 0.29) is 17.3 Å². The van der Waals surface area contributed by atoms with Crippen LogP contribution < -0.4 is 10.0 Å². The minimum absolute atomic E-state index is 0. The molecule has 1 aromatic carbocycles. The van der Waals surface area contributed by atoms with Crippen molar-refractivity contribution < 1.29 is 8.42 Å². The van der Waals surface area contributed by atoms with Gasteiger partial charge in [-0.2, -0.15) is 0 Å². The zero-order valence-corrected chi connectivity index (χ0v) is 14.6. The summed E-state index contributed by atoms with van der Waals surface area (Å²) >= 11 is 12.0. The SMILES string of the molecule is Cc1c(Cl)cc(S(=O)(=O)NCC2=CCNCC2)cc1Cl.Cl. The third-order valence-electron chi connectivity index (χ3n) is 3.21. The average molecular weight is 372 g/mol. The van der Waals surface area contributed by atoms with Gasteiger partial charge in [-0.3, -0.25) is 0 Å². The number of nitrogens with one attached hydrogen (secondary N) is 2. The van der Waals surface area contributed by atoms with Gasteiger partial charge in [0.1, 0.15) is 0 Å². The van der Waals surface area contributed by atoms with Crippen LogP contribution in [0, 0.1) is 6.92 Å². The standard InChI is InChI=1S/C13H16Cl2N2O2S.ClH/c1-9-12(14)6-11(7-13(9)15)20(18,19)17-8-10-2-4-16-5-3-10;/h2,6-7,16-17H,3-5,8H2,1H3;1H. The molecular weight excluding hydrogens is 355 g/mol. The first kappa shape index (κ1) is 18.7. The first-order valence-electron chi connectivity index (χ1n) is 6.24. The van der Waals surface area contributed by atoms with Gasteiger partial charge in [0.15, 0.2) is 0 Å². The number of benzene rings is 1. The Balaban J connectivity index is 0.00000220. The highest BCUT2D eigenvalue weighted by Gasteiger charge is 2.17. The van der Waals surface area contributed by atoms with Crippen molar-refractivity contribution in [2.45, 2.75) is 18.2 Å². The highest BCUT2D eigenvalue weighted by Crippen LogP contribution is 2.27. The van der Waals surface area contributed by atoms with Crippen molar-refractivity contribution in [1.29, 1.82) is 0 Å². The topological polar surface area (TPSA) is 58.2 Å². The van der Waals surface area contributed by atoms with Crippen molar-refractivity contribution >= 4 is 45.6 Å². The lowest BCUT2D eigenvalue weighted by Crippen LogP contribution is -2.29. The molecule has 21 heavy (non-hydrogen) atoms. The van der Waals surface area contributed by atoms with Crippen LogP contribution in [0.3, 0.4) is 0 Å². The van der Waals surface area contributed by atoms with Crippen molar-refractivity contribution in [1.82, 2.24) is 10.0 Å². The van der Waals surface area contributed by atoms with E-state index in [1.54, 1.807) is 6.92 Å². The molecular formula is C13H17Cl3N2O2S. The van der Waals surface area contributed by atoms with E-state index in [0.29, 0.717) is 22.2 Å². The largest absolute Gasteiger partial charge is 0.313 e. The van der Waals surface area contributed by atoms with Crippen LogP contribution in [-0.4, -0.2) is 28.1 Å². The Labute approximate surface area is 141 Å². The second kappa shape index (κ2) is 7.81. The van der Waals surface area contributed by atoms with Crippen molar-refractivity contribution in [2.75, 3.05) is 19.6 Å². The van der Waals surface area contributed by atoms with Crippen LogP contribution >= 0.6 is 35.6 Å². The van der Waals surface area contributed by atoms with Crippen molar-refractivity contribution in [3.05, 3.63) is 39.4 Å². The van der Waals surface area contributed by atoms with Crippen LogP contribution in [0.4, 0.5) is 0 Å². The van der Waals surface area contributed by atoms with Gasteiger partial charge in [0, 0.05) is 23.1 Å². The molecule has 0 aliphatic carbocycles. The Hall–Kier alpha value is -0.300. The van der Waals surface area contributed by atoms with Gasteiger partial charge in [0.2, 0.25) is 10.0 Å². The molecule has 0 unspecified atom stereocenters. The molecule has 118 valence electrons. The van der Waals surface area contributed by atoms with E-state index < -0.39 is 10.0 Å². The molecule has 2 N–H and O–H groups in total. The fourth-order valence-electron chi connectivity index (χ4n) is 1.88. The lowest BCUT2D eigenvalue weighted by Gasteiger charge is -2.15.